The molecule has 0 aromatic rings. The van der Waals surface area contributed by atoms with Crippen LogP contribution in [0.15, 0.2) is 0 Å². The predicted octanol–water partition coefficient (Wildman–Crippen LogP) is 2.76. The Balaban J connectivity index is 0. The molecule has 0 aromatic carbocycles. The number of alkyl carbamates (subject to hydrolysis) is 2. The molecule has 2 N–H and O–H groups in total. The molecule has 1 atom stereocenters. The van der Waals surface area contributed by atoms with Gasteiger partial charge in [0, 0.05) is 41.7 Å². The van der Waals surface area contributed by atoms with E-state index in [1.165, 1.54) is 0 Å². The molecule has 7 nitrogen and oxygen atoms in total. The van der Waals surface area contributed by atoms with Gasteiger partial charge in [0.15, 0.2) is 0 Å². The molecule has 0 radical (unpaired) electrons. The zero-order valence-corrected chi connectivity index (χ0v) is 18.3. The lowest BCUT2D eigenvalue weighted by Gasteiger charge is -2.19. The molecule has 0 bridgehead atoms. The van der Waals surface area contributed by atoms with Crippen molar-refractivity contribution < 1.29 is 23.3 Å². The highest BCUT2D eigenvalue weighted by molar-refractivity contribution is 7.98. The van der Waals surface area contributed by atoms with Gasteiger partial charge in [0.05, 0.1) is 0 Å². The summed E-state index contributed by atoms with van der Waals surface area (Å²) >= 11 is 1.69. The zero-order chi connectivity index (χ0) is 20.1. The lowest BCUT2D eigenvalue weighted by Crippen LogP contribution is -2.34. The molecule has 25 heavy (non-hydrogen) atoms. The highest BCUT2D eigenvalue weighted by atomic mass is 32.2. The minimum absolute atomic E-state index is 0.337. The van der Waals surface area contributed by atoms with E-state index in [4.69, 9.17) is 9.47 Å². The molecule has 0 rings (SSSR count). The molecule has 1 unspecified atom stereocenters. The molecule has 150 valence electrons. The van der Waals surface area contributed by atoms with Crippen molar-refractivity contribution in [3.05, 3.63) is 0 Å². The smallest absolute Gasteiger partial charge is 0.407 e. The normalized spacial score (nSPS) is 12.3. The fraction of sp³-hybridized carbons (Fsp3) is 0.875. The van der Waals surface area contributed by atoms with Crippen LogP contribution in [0.1, 0.15) is 41.5 Å². The first-order valence-corrected chi connectivity index (χ1v) is 11.1. The van der Waals surface area contributed by atoms with Crippen molar-refractivity contribution in [3.63, 3.8) is 0 Å². The monoisotopic (exact) mass is 398 g/mol. The van der Waals surface area contributed by atoms with Crippen LogP contribution in [-0.4, -0.2) is 64.7 Å². The molecule has 0 aromatic heterocycles. The van der Waals surface area contributed by atoms with Crippen molar-refractivity contribution in [2.24, 2.45) is 0 Å². The van der Waals surface area contributed by atoms with E-state index in [-0.39, 0.29) is 6.09 Å². The fourth-order valence-corrected chi connectivity index (χ4v) is 1.88. The minimum atomic E-state index is -0.875. The van der Waals surface area contributed by atoms with Gasteiger partial charge in [0.1, 0.15) is 11.2 Å². The Hall–Kier alpha value is -0.960. The first-order chi connectivity index (χ1) is 11.3. The van der Waals surface area contributed by atoms with Crippen molar-refractivity contribution in [2.45, 2.75) is 52.7 Å². The minimum Gasteiger partial charge on any atom is -0.444 e. The van der Waals surface area contributed by atoms with Gasteiger partial charge in [-0.1, -0.05) is 0 Å². The average Bonchev–Trinajstić information content (AvgIpc) is 2.34. The Morgan fingerprint density at radius 3 is 1.64 bits per heavy atom. The molecule has 0 saturated heterocycles. The number of nitrogens with one attached hydrogen (secondary N) is 2. The van der Waals surface area contributed by atoms with E-state index >= 15 is 0 Å². The van der Waals surface area contributed by atoms with E-state index in [1.807, 2.05) is 27.0 Å². The maximum absolute atomic E-state index is 11.0. The summed E-state index contributed by atoms with van der Waals surface area (Å²) in [5.74, 6) is 1.37. The average molecular weight is 399 g/mol. The molecule has 0 spiro atoms. The lowest BCUT2D eigenvalue weighted by atomic mass is 10.2. The molecular formula is C16H34N2O5S2. The zero-order valence-electron chi connectivity index (χ0n) is 16.7. The Bertz CT molecular complexity index is 418. The van der Waals surface area contributed by atoms with Gasteiger partial charge < -0.3 is 20.1 Å². The second kappa shape index (κ2) is 13.3. The maximum atomic E-state index is 11.0. The Labute approximate surface area is 158 Å². The van der Waals surface area contributed by atoms with E-state index in [1.54, 1.807) is 38.8 Å². The number of rotatable bonds is 6. The topological polar surface area (TPSA) is 93.7 Å². The Morgan fingerprint density at radius 1 is 0.920 bits per heavy atom. The molecule has 0 aliphatic carbocycles. The summed E-state index contributed by atoms with van der Waals surface area (Å²) in [4.78, 5) is 22.0. The molecule has 2 amide bonds. The lowest BCUT2D eigenvalue weighted by molar-refractivity contribution is 0.0519. The summed E-state index contributed by atoms with van der Waals surface area (Å²) in [5, 5.41) is 5.17. The molecule has 0 aliphatic rings. The fourth-order valence-electron chi connectivity index (χ4n) is 1.18. The third kappa shape index (κ3) is 25.4. The Kier molecular flexibility index (Phi) is 13.9. The number of carbonyl (C=O) groups excluding carboxylic acids is 2. The van der Waals surface area contributed by atoms with Crippen molar-refractivity contribution in [2.75, 3.05) is 37.1 Å². The number of thioether (sulfide) groups is 1. The highest BCUT2D eigenvalue weighted by Gasteiger charge is 2.16. The number of amides is 2. The first-order valence-electron chi connectivity index (χ1n) is 7.99. The van der Waals surface area contributed by atoms with Crippen molar-refractivity contribution in [1.29, 1.82) is 0 Å². The van der Waals surface area contributed by atoms with Crippen molar-refractivity contribution in [1.82, 2.24) is 10.6 Å². The largest absolute Gasteiger partial charge is 0.444 e. The van der Waals surface area contributed by atoms with Crippen LogP contribution in [0.4, 0.5) is 9.59 Å². The Morgan fingerprint density at radius 2 is 1.32 bits per heavy atom. The number of carbonyl (C=O) groups is 2. The van der Waals surface area contributed by atoms with Gasteiger partial charge in [-0.3, -0.25) is 4.21 Å². The van der Waals surface area contributed by atoms with Crippen molar-refractivity contribution in [3.8, 4) is 0 Å². The molecule has 0 saturated carbocycles. The standard InChI is InChI=1S/C8H17NO3S.C8H17NO2S/c1-8(2,3)12-7(10)9-5-6-13(4)11;1-8(2,3)11-7(10)9-5-6-12-4/h5-6H2,1-4H3,(H,9,10);5-6H2,1-4H3,(H,9,10). The third-order valence-corrected chi connectivity index (χ3v) is 3.42. The second-order valence-electron chi connectivity index (χ2n) is 7.13. The number of hydrogen-bond acceptors (Lipinski definition) is 6. The van der Waals surface area contributed by atoms with Crippen LogP contribution in [0.25, 0.3) is 0 Å². The van der Waals surface area contributed by atoms with Gasteiger partial charge in [-0.15, -0.1) is 0 Å². The molecule has 0 fully saturated rings. The van der Waals surface area contributed by atoms with Gasteiger partial charge in [-0.25, -0.2) is 9.59 Å². The van der Waals surface area contributed by atoms with Gasteiger partial charge >= 0.3 is 12.2 Å². The second-order valence-corrected chi connectivity index (χ2v) is 9.67. The van der Waals surface area contributed by atoms with E-state index in [2.05, 4.69) is 10.6 Å². The first kappa shape index (κ1) is 26.3. The quantitative estimate of drug-likeness (QED) is 0.668. The predicted molar refractivity (Wildman–Crippen MR) is 106 cm³/mol. The van der Waals surface area contributed by atoms with E-state index in [0.717, 1.165) is 5.75 Å². The third-order valence-electron chi connectivity index (χ3n) is 2.03. The van der Waals surface area contributed by atoms with Gasteiger partial charge in [0.2, 0.25) is 0 Å². The van der Waals surface area contributed by atoms with Crippen LogP contribution in [-0.2, 0) is 20.3 Å². The number of ether oxygens (including phenoxy) is 2. The summed E-state index contributed by atoms with van der Waals surface area (Å²) < 4.78 is 20.6. The summed E-state index contributed by atoms with van der Waals surface area (Å²) in [6.07, 6.45) is 2.79. The van der Waals surface area contributed by atoms with Crippen LogP contribution >= 0.6 is 11.8 Å². The van der Waals surface area contributed by atoms with E-state index in [0.29, 0.717) is 18.8 Å². The van der Waals surface area contributed by atoms with Crippen molar-refractivity contribution >= 4 is 34.7 Å². The van der Waals surface area contributed by atoms with Gasteiger partial charge in [0.25, 0.3) is 0 Å². The summed E-state index contributed by atoms with van der Waals surface area (Å²) in [6, 6.07) is 0. The summed E-state index contributed by atoms with van der Waals surface area (Å²) in [6.45, 7) is 12.0. The molecule has 9 heteroatoms. The molecule has 0 heterocycles. The van der Waals surface area contributed by atoms with Gasteiger partial charge in [-0.05, 0) is 47.8 Å². The van der Waals surface area contributed by atoms with Gasteiger partial charge in [-0.2, -0.15) is 11.8 Å². The van der Waals surface area contributed by atoms with Crippen LogP contribution in [0.3, 0.4) is 0 Å². The highest BCUT2D eigenvalue weighted by Crippen LogP contribution is 2.06. The van der Waals surface area contributed by atoms with Crippen LogP contribution in [0, 0.1) is 0 Å². The SMILES string of the molecule is CS(=O)CCNC(=O)OC(C)(C)C.CSCCNC(=O)OC(C)(C)C. The van der Waals surface area contributed by atoms with Crippen LogP contribution < -0.4 is 10.6 Å². The van der Waals surface area contributed by atoms with E-state index in [9.17, 15) is 13.8 Å². The van der Waals surface area contributed by atoms with Crippen LogP contribution in [0.5, 0.6) is 0 Å². The number of hydrogen-bond donors (Lipinski definition) is 2. The van der Waals surface area contributed by atoms with E-state index < -0.39 is 28.1 Å². The van der Waals surface area contributed by atoms with Crippen LogP contribution in [0.2, 0.25) is 0 Å². The summed E-state index contributed by atoms with van der Waals surface area (Å²) in [5.41, 5.74) is -0.876. The molecule has 0 aliphatic heterocycles. The molecular weight excluding hydrogens is 364 g/mol. The summed E-state index contributed by atoms with van der Waals surface area (Å²) in [7, 11) is -0.875. The maximum Gasteiger partial charge on any atom is 0.407 e.